The molecule has 6 heteroatoms. The molecule has 3 rings (SSSR count). The second kappa shape index (κ2) is 9.55. The number of hydrogen-bond donors (Lipinski definition) is 1. The zero-order valence-corrected chi connectivity index (χ0v) is 15.5. The second-order valence-corrected chi connectivity index (χ2v) is 6.80. The quantitative estimate of drug-likeness (QED) is 0.844. The third-order valence-electron chi connectivity index (χ3n) is 4.55. The molecular weight excluding hydrogens is 350 g/mol. The van der Waals surface area contributed by atoms with Gasteiger partial charge in [-0.2, -0.15) is 0 Å². The SMILES string of the molecule is O=C(COc1ccccc1Cl)N(Cc1ccccn1)C1CCCNCC1. The normalized spacial score (nSPS) is 17.3. The van der Waals surface area contributed by atoms with Crippen molar-refractivity contribution in [3.05, 3.63) is 59.4 Å². The third-order valence-corrected chi connectivity index (χ3v) is 4.86. The third kappa shape index (κ3) is 5.19. The van der Waals surface area contributed by atoms with Crippen LogP contribution in [-0.2, 0) is 11.3 Å². The lowest BCUT2D eigenvalue weighted by molar-refractivity contribution is -0.136. The van der Waals surface area contributed by atoms with Crippen molar-refractivity contribution >= 4 is 17.5 Å². The number of ether oxygens (including phenoxy) is 1. The van der Waals surface area contributed by atoms with Gasteiger partial charge in [-0.3, -0.25) is 9.78 Å². The first-order valence-corrected chi connectivity index (χ1v) is 9.39. The van der Waals surface area contributed by atoms with Gasteiger partial charge in [0.05, 0.1) is 17.3 Å². The van der Waals surface area contributed by atoms with E-state index in [4.69, 9.17) is 16.3 Å². The summed E-state index contributed by atoms with van der Waals surface area (Å²) < 4.78 is 5.68. The molecule has 1 amide bonds. The molecule has 1 N–H and O–H groups in total. The first kappa shape index (κ1) is 18.7. The van der Waals surface area contributed by atoms with Crippen LogP contribution < -0.4 is 10.1 Å². The Bertz CT molecular complexity index is 703. The Kier molecular flexibility index (Phi) is 6.86. The number of aromatic nitrogens is 1. The Hall–Kier alpha value is -2.11. The molecule has 0 spiro atoms. The summed E-state index contributed by atoms with van der Waals surface area (Å²) in [6.07, 6.45) is 4.73. The first-order chi connectivity index (χ1) is 12.7. The average Bonchev–Trinajstić information content (AvgIpc) is 2.95. The Morgan fingerprint density at radius 3 is 2.85 bits per heavy atom. The van der Waals surface area contributed by atoms with Gasteiger partial charge in [-0.1, -0.05) is 29.8 Å². The number of rotatable bonds is 6. The summed E-state index contributed by atoms with van der Waals surface area (Å²) in [6.45, 7) is 2.39. The lowest BCUT2D eigenvalue weighted by atomic mass is 10.1. The van der Waals surface area contributed by atoms with Crippen molar-refractivity contribution in [1.82, 2.24) is 15.2 Å². The predicted molar refractivity (Wildman–Crippen MR) is 102 cm³/mol. The van der Waals surface area contributed by atoms with Gasteiger partial charge in [-0.05, 0) is 56.6 Å². The molecule has 2 heterocycles. The van der Waals surface area contributed by atoms with E-state index in [1.165, 1.54) is 0 Å². The van der Waals surface area contributed by atoms with Crippen LogP contribution in [0, 0.1) is 0 Å². The van der Waals surface area contributed by atoms with Gasteiger partial charge < -0.3 is 15.0 Å². The molecule has 1 fully saturated rings. The highest BCUT2D eigenvalue weighted by Gasteiger charge is 2.25. The lowest BCUT2D eigenvalue weighted by Crippen LogP contribution is -2.43. The summed E-state index contributed by atoms with van der Waals surface area (Å²) in [7, 11) is 0. The van der Waals surface area contributed by atoms with Crippen LogP contribution in [0.25, 0.3) is 0 Å². The number of hydrogen-bond acceptors (Lipinski definition) is 4. The number of amides is 1. The molecule has 1 unspecified atom stereocenters. The lowest BCUT2D eigenvalue weighted by Gasteiger charge is -2.31. The molecule has 0 aliphatic carbocycles. The van der Waals surface area contributed by atoms with E-state index in [-0.39, 0.29) is 18.6 Å². The molecule has 1 aromatic carbocycles. The number of nitrogens with zero attached hydrogens (tertiary/aromatic N) is 2. The number of para-hydroxylation sites is 1. The first-order valence-electron chi connectivity index (χ1n) is 9.01. The highest BCUT2D eigenvalue weighted by molar-refractivity contribution is 6.32. The Balaban J connectivity index is 1.70. The number of carbonyl (C=O) groups excluding carboxylic acids is 1. The second-order valence-electron chi connectivity index (χ2n) is 6.40. The van der Waals surface area contributed by atoms with Crippen molar-refractivity contribution in [2.75, 3.05) is 19.7 Å². The van der Waals surface area contributed by atoms with Gasteiger partial charge in [0.25, 0.3) is 5.91 Å². The molecule has 1 atom stereocenters. The summed E-state index contributed by atoms with van der Waals surface area (Å²) in [6, 6.07) is 13.2. The fraction of sp³-hybridized carbons (Fsp3) is 0.400. The zero-order valence-electron chi connectivity index (χ0n) is 14.7. The van der Waals surface area contributed by atoms with Crippen molar-refractivity contribution in [2.24, 2.45) is 0 Å². The average molecular weight is 374 g/mol. The van der Waals surface area contributed by atoms with Crippen LogP contribution in [-0.4, -0.2) is 41.5 Å². The molecule has 0 radical (unpaired) electrons. The summed E-state index contributed by atoms with van der Waals surface area (Å²) in [5.41, 5.74) is 0.885. The van der Waals surface area contributed by atoms with Crippen LogP contribution in [0.2, 0.25) is 5.02 Å². The molecule has 1 aliphatic rings. The number of nitrogens with one attached hydrogen (secondary N) is 1. The van der Waals surface area contributed by atoms with Gasteiger partial charge in [0.15, 0.2) is 6.61 Å². The smallest absolute Gasteiger partial charge is 0.261 e. The van der Waals surface area contributed by atoms with E-state index in [9.17, 15) is 4.79 Å². The minimum Gasteiger partial charge on any atom is -0.482 e. The van der Waals surface area contributed by atoms with Crippen LogP contribution >= 0.6 is 11.6 Å². The van der Waals surface area contributed by atoms with Gasteiger partial charge in [0, 0.05) is 12.2 Å². The molecule has 1 aliphatic heterocycles. The highest BCUT2D eigenvalue weighted by atomic mass is 35.5. The van der Waals surface area contributed by atoms with E-state index in [2.05, 4.69) is 10.3 Å². The van der Waals surface area contributed by atoms with E-state index in [1.807, 2.05) is 35.2 Å². The van der Waals surface area contributed by atoms with Crippen molar-refractivity contribution in [1.29, 1.82) is 0 Å². The molecule has 1 aromatic heterocycles. The number of halogens is 1. The molecule has 1 saturated heterocycles. The predicted octanol–water partition coefficient (Wildman–Crippen LogP) is 3.28. The Morgan fingerprint density at radius 1 is 1.19 bits per heavy atom. The molecule has 26 heavy (non-hydrogen) atoms. The van der Waals surface area contributed by atoms with Crippen LogP contribution in [0.5, 0.6) is 5.75 Å². The maximum absolute atomic E-state index is 13.0. The molecule has 0 saturated carbocycles. The topological polar surface area (TPSA) is 54.5 Å². The summed E-state index contributed by atoms with van der Waals surface area (Å²) in [4.78, 5) is 19.2. The van der Waals surface area contributed by atoms with Crippen molar-refractivity contribution < 1.29 is 9.53 Å². The summed E-state index contributed by atoms with van der Waals surface area (Å²) >= 11 is 6.12. The highest BCUT2D eigenvalue weighted by Crippen LogP contribution is 2.23. The Morgan fingerprint density at radius 2 is 2.04 bits per heavy atom. The van der Waals surface area contributed by atoms with Crippen LogP contribution in [0.4, 0.5) is 0 Å². The number of benzene rings is 1. The minimum absolute atomic E-state index is 0.0273. The van der Waals surface area contributed by atoms with E-state index in [0.29, 0.717) is 17.3 Å². The molecule has 2 aromatic rings. The summed E-state index contributed by atoms with van der Waals surface area (Å²) in [5.74, 6) is 0.491. The molecule has 5 nitrogen and oxygen atoms in total. The zero-order chi connectivity index (χ0) is 18.2. The molecule has 138 valence electrons. The summed E-state index contributed by atoms with van der Waals surface area (Å²) in [5, 5.41) is 3.91. The monoisotopic (exact) mass is 373 g/mol. The van der Waals surface area contributed by atoms with Crippen LogP contribution in [0.15, 0.2) is 48.7 Å². The van der Waals surface area contributed by atoms with E-state index in [1.54, 1.807) is 18.3 Å². The van der Waals surface area contributed by atoms with Crippen molar-refractivity contribution in [3.8, 4) is 5.75 Å². The van der Waals surface area contributed by atoms with E-state index < -0.39 is 0 Å². The molecular formula is C20H24ClN3O2. The van der Waals surface area contributed by atoms with Gasteiger partial charge in [0.2, 0.25) is 0 Å². The number of pyridine rings is 1. The Labute approximate surface area is 159 Å². The van der Waals surface area contributed by atoms with E-state index in [0.717, 1.165) is 38.0 Å². The van der Waals surface area contributed by atoms with Crippen molar-refractivity contribution in [3.63, 3.8) is 0 Å². The fourth-order valence-corrected chi connectivity index (χ4v) is 3.37. The number of carbonyl (C=O) groups is 1. The van der Waals surface area contributed by atoms with Crippen LogP contribution in [0.1, 0.15) is 25.0 Å². The maximum atomic E-state index is 13.0. The van der Waals surface area contributed by atoms with Gasteiger partial charge >= 0.3 is 0 Å². The minimum atomic E-state index is -0.0394. The van der Waals surface area contributed by atoms with Gasteiger partial charge in [-0.25, -0.2) is 0 Å². The van der Waals surface area contributed by atoms with Crippen molar-refractivity contribution in [2.45, 2.75) is 31.8 Å². The maximum Gasteiger partial charge on any atom is 0.261 e. The van der Waals surface area contributed by atoms with Crippen LogP contribution in [0.3, 0.4) is 0 Å². The van der Waals surface area contributed by atoms with E-state index >= 15 is 0 Å². The van der Waals surface area contributed by atoms with Gasteiger partial charge in [0.1, 0.15) is 5.75 Å². The largest absolute Gasteiger partial charge is 0.482 e. The standard InChI is InChI=1S/C20H24ClN3O2/c21-18-8-1-2-9-19(18)26-15-20(25)24(14-16-6-3-4-12-23-16)17-7-5-11-22-13-10-17/h1-4,6,8-9,12,17,22H,5,7,10-11,13-15H2. The fourth-order valence-electron chi connectivity index (χ4n) is 3.18. The van der Waals surface area contributed by atoms with Gasteiger partial charge in [-0.15, -0.1) is 0 Å². The molecule has 0 bridgehead atoms.